The molecule has 0 unspecified atom stereocenters. The number of benzene rings is 1. The molecule has 1 fully saturated rings. The van der Waals surface area contributed by atoms with E-state index < -0.39 is 5.97 Å². The Bertz CT molecular complexity index is 768. The van der Waals surface area contributed by atoms with Gasteiger partial charge in [0, 0.05) is 29.2 Å². The molecule has 1 aromatic carbocycles. The summed E-state index contributed by atoms with van der Waals surface area (Å²) < 4.78 is 0. The molecule has 5 heteroatoms. The molecule has 3 rings (SSSR count). The normalized spacial score (nSPS) is 17.7. The fourth-order valence-corrected chi connectivity index (χ4v) is 2.99. The van der Waals surface area contributed by atoms with Crippen molar-refractivity contribution in [2.75, 3.05) is 11.4 Å². The Hall–Kier alpha value is -2.43. The maximum absolute atomic E-state index is 12.6. The molecule has 1 saturated heterocycles. The second-order valence-electron chi connectivity index (χ2n) is 6.31. The van der Waals surface area contributed by atoms with Gasteiger partial charge in [-0.1, -0.05) is 13.8 Å². The Morgan fingerprint density at radius 1 is 1.32 bits per heavy atom. The van der Waals surface area contributed by atoms with Gasteiger partial charge in [-0.15, -0.1) is 0 Å². The van der Waals surface area contributed by atoms with Crippen molar-refractivity contribution in [2.24, 2.45) is 5.41 Å². The molecular formula is C17H18N2O3. The van der Waals surface area contributed by atoms with Crippen LogP contribution in [0.3, 0.4) is 0 Å². The molecule has 114 valence electrons. The lowest BCUT2D eigenvalue weighted by Gasteiger charge is -2.37. The molecule has 2 aromatic rings. The van der Waals surface area contributed by atoms with Crippen molar-refractivity contribution < 1.29 is 14.7 Å². The summed E-state index contributed by atoms with van der Waals surface area (Å²) in [6.45, 7) is 4.57. The van der Waals surface area contributed by atoms with Crippen molar-refractivity contribution in [3.63, 3.8) is 0 Å². The number of rotatable bonds is 2. The zero-order chi connectivity index (χ0) is 15.9. The predicted molar refractivity (Wildman–Crippen MR) is 84.1 cm³/mol. The lowest BCUT2D eigenvalue weighted by Crippen LogP contribution is -2.46. The molecule has 2 heterocycles. The van der Waals surface area contributed by atoms with Crippen LogP contribution in [0.4, 0.5) is 5.69 Å². The summed E-state index contributed by atoms with van der Waals surface area (Å²) in [5, 5.41) is 9.87. The number of amides is 1. The smallest absolute Gasteiger partial charge is 0.336 e. The van der Waals surface area contributed by atoms with E-state index in [-0.39, 0.29) is 16.9 Å². The van der Waals surface area contributed by atoms with Crippen LogP contribution in [0.25, 0.3) is 10.9 Å². The van der Waals surface area contributed by atoms with Crippen LogP contribution in [0.2, 0.25) is 0 Å². The number of hydrogen-bond donors (Lipinski definition) is 1. The van der Waals surface area contributed by atoms with Gasteiger partial charge >= 0.3 is 5.97 Å². The van der Waals surface area contributed by atoms with Gasteiger partial charge in [0.2, 0.25) is 5.91 Å². The number of piperidine rings is 1. The molecule has 1 aliphatic rings. The first kappa shape index (κ1) is 14.5. The molecule has 1 aromatic heterocycles. The molecule has 1 amide bonds. The molecular weight excluding hydrogens is 280 g/mol. The van der Waals surface area contributed by atoms with Gasteiger partial charge in [-0.05, 0) is 37.1 Å². The van der Waals surface area contributed by atoms with Gasteiger partial charge in [-0.2, -0.15) is 0 Å². The summed E-state index contributed by atoms with van der Waals surface area (Å²) in [4.78, 5) is 29.9. The molecule has 0 aliphatic carbocycles. The Kier molecular flexibility index (Phi) is 3.35. The lowest BCUT2D eigenvalue weighted by atomic mass is 9.83. The van der Waals surface area contributed by atoms with E-state index in [0.29, 0.717) is 17.4 Å². The van der Waals surface area contributed by atoms with Crippen molar-refractivity contribution in [3.05, 3.63) is 36.0 Å². The van der Waals surface area contributed by atoms with Crippen molar-refractivity contribution in [2.45, 2.75) is 26.7 Å². The van der Waals surface area contributed by atoms with E-state index in [0.717, 1.165) is 18.5 Å². The van der Waals surface area contributed by atoms with Gasteiger partial charge in [0.25, 0.3) is 0 Å². The minimum absolute atomic E-state index is 0.0823. The van der Waals surface area contributed by atoms with Crippen molar-refractivity contribution in [1.82, 2.24) is 4.98 Å². The first-order valence-electron chi connectivity index (χ1n) is 7.34. The number of carboxylic acid groups (broad SMARTS) is 1. The molecule has 0 bridgehead atoms. The molecule has 22 heavy (non-hydrogen) atoms. The minimum atomic E-state index is -0.991. The molecule has 0 radical (unpaired) electrons. The van der Waals surface area contributed by atoms with E-state index in [4.69, 9.17) is 0 Å². The number of carboxylic acids is 1. The van der Waals surface area contributed by atoms with Crippen LogP contribution < -0.4 is 4.90 Å². The molecule has 1 aliphatic heterocycles. The highest BCUT2D eigenvalue weighted by Gasteiger charge is 2.36. The Morgan fingerprint density at radius 3 is 2.82 bits per heavy atom. The number of aromatic nitrogens is 1. The van der Waals surface area contributed by atoms with E-state index in [2.05, 4.69) is 4.98 Å². The minimum Gasteiger partial charge on any atom is -0.478 e. The number of aromatic carboxylic acids is 1. The van der Waals surface area contributed by atoms with Gasteiger partial charge < -0.3 is 10.0 Å². The third-order valence-corrected chi connectivity index (χ3v) is 4.27. The number of carbonyl (C=O) groups excluding carboxylic acids is 1. The highest BCUT2D eigenvalue weighted by Crippen LogP contribution is 2.34. The monoisotopic (exact) mass is 298 g/mol. The SMILES string of the molecule is CC1(C)CCCN(c2ccc3nccc(C(=O)O)c3c2)C1=O. The average Bonchev–Trinajstić information content (AvgIpc) is 2.48. The standard InChI is InChI=1S/C17H18N2O3/c1-17(2)7-3-9-19(16(17)22)11-4-5-14-13(10-11)12(15(20)21)6-8-18-14/h4-6,8,10H,3,7,9H2,1-2H3,(H,20,21). The van der Waals surface area contributed by atoms with Gasteiger partial charge in [-0.25, -0.2) is 4.79 Å². The molecule has 0 atom stereocenters. The molecule has 1 N–H and O–H groups in total. The van der Waals surface area contributed by atoms with Crippen LogP contribution in [0.15, 0.2) is 30.5 Å². The Morgan fingerprint density at radius 2 is 2.09 bits per heavy atom. The lowest BCUT2D eigenvalue weighted by molar-refractivity contribution is -0.128. The zero-order valence-electron chi connectivity index (χ0n) is 12.7. The van der Waals surface area contributed by atoms with E-state index in [1.807, 2.05) is 19.9 Å². The van der Waals surface area contributed by atoms with Crippen LogP contribution in [-0.2, 0) is 4.79 Å². The first-order valence-corrected chi connectivity index (χ1v) is 7.34. The highest BCUT2D eigenvalue weighted by molar-refractivity contribution is 6.05. The van der Waals surface area contributed by atoms with Crippen molar-refractivity contribution in [1.29, 1.82) is 0 Å². The van der Waals surface area contributed by atoms with E-state index in [1.165, 1.54) is 12.3 Å². The van der Waals surface area contributed by atoms with E-state index in [9.17, 15) is 14.7 Å². The number of carbonyl (C=O) groups is 2. The van der Waals surface area contributed by atoms with E-state index >= 15 is 0 Å². The van der Waals surface area contributed by atoms with E-state index in [1.54, 1.807) is 17.0 Å². The maximum Gasteiger partial charge on any atom is 0.336 e. The number of nitrogens with zero attached hydrogens (tertiary/aromatic N) is 2. The Balaban J connectivity index is 2.10. The van der Waals surface area contributed by atoms with Crippen LogP contribution in [0.1, 0.15) is 37.0 Å². The van der Waals surface area contributed by atoms with Gasteiger partial charge in [0.1, 0.15) is 0 Å². The van der Waals surface area contributed by atoms with Gasteiger partial charge in [0.15, 0.2) is 0 Å². The number of hydrogen-bond acceptors (Lipinski definition) is 3. The van der Waals surface area contributed by atoms with Gasteiger partial charge in [-0.3, -0.25) is 9.78 Å². The fourth-order valence-electron chi connectivity index (χ4n) is 2.99. The maximum atomic E-state index is 12.6. The van der Waals surface area contributed by atoms with Crippen molar-refractivity contribution >= 4 is 28.5 Å². The first-order chi connectivity index (χ1) is 10.4. The number of pyridine rings is 1. The quantitative estimate of drug-likeness (QED) is 0.925. The number of anilines is 1. The molecule has 0 saturated carbocycles. The summed E-state index contributed by atoms with van der Waals surface area (Å²) in [6, 6.07) is 6.84. The van der Waals surface area contributed by atoms with Crippen LogP contribution >= 0.6 is 0 Å². The highest BCUT2D eigenvalue weighted by atomic mass is 16.4. The topological polar surface area (TPSA) is 70.5 Å². The number of fused-ring (bicyclic) bond motifs is 1. The van der Waals surface area contributed by atoms with Crippen LogP contribution in [0, 0.1) is 5.41 Å². The summed E-state index contributed by atoms with van der Waals surface area (Å²) in [5.41, 5.74) is 1.18. The third kappa shape index (κ3) is 2.32. The third-order valence-electron chi connectivity index (χ3n) is 4.27. The van der Waals surface area contributed by atoms with Crippen molar-refractivity contribution in [3.8, 4) is 0 Å². The summed E-state index contributed by atoms with van der Waals surface area (Å²) in [7, 11) is 0. The molecule has 0 spiro atoms. The average molecular weight is 298 g/mol. The van der Waals surface area contributed by atoms with Gasteiger partial charge in [0.05, 0.1) is 11.1 Å². The predicted octanol–water partition coefficient (Wildman–Crippen LogP) is 3.09. The van der Waals surface area contributed by atoms with Crippen LogP contribution in [0.5, 0.6) is 0 Å². The summed E-state index contributed by atoms with van der Waals surface area (Å²) in [5.74, 6) is -0.909. The second kappa shape index (κ2) is 5.09. The Labute approximate surface area is 128 Å². The largest absolute Gasteiger partial charge is 0.478 e. The fraction of sp³-hybridized carbons (Fsp3) is 0.353. The molecule has 5 nitrogen and oxygen atoms in total. The van der Waals surface area contributed by atoms with Crippen LogP contribution in [-0.4, -0.2) is 28.5 Å². The summed E-state index contributed by atoms with van der Waals surface area (Å²) in [6.07, 6.45) is 3.30. The summed E-state index contributed by atoms with van der Waals surface area (Å²) >= 11 is 0. The second-order valence-corrected chi connectivity index (χ2v) is 6.31. The zero-order valence-corrected chi connectivity index (χ0v) is 12.7.